The Morgan fingerprint density at radius 1 is 1.62 bits per heavy atom. The van der Waals surface area contributed by atoms with Gasteiger partial charge in [-0.2, -0.15) is 0 Å². The Hall–Kier alpha value is 0.650. The van der Waals surface area contributed by atoms with Crippen molar-refractivity contribution in [3.05, 3.63) is 0 Å². The van der Waals surface area contributed by atoms with Gasteiger partial charge in [-0.25, -0.2) is 0 Å². The fourth-order valence-corrected chi connectivity index (χ4v) is 1.50. The summed E-state index contributed by atoms with van der Waals surface area (Å²) in [6.07, 6.45) is 2.03. The number of hydrogen-bond acceptors (Lipinski definition) is 2. The normalized spacial score (nSPS) is 39.8. The summed E-state index contributed by atoms with van der Waals surface area (Å²) in [6.45, 7) is 1.80. The van der Waals surface area contributed by atoms with E-state index in [4.69, 9.17) is 0 Å². The predicted molar refractivity (Wildman–Crippen MR) is 41.1 cm³/mol. The van der Waals surface area contributed by atoms with E-state index in [1.807, 2.05) is 0 Å². The monoisotopic (exact) mass is 227 g/mol. The van der Waals surface area contributed by atoms with Crippen LogP contribution in [0.15, 0.2) is 0 Å². The molecule has 0 aromatic rings. The van der Waals surface area contributed by atoms with E-state index in [1.54, 1.807) is 0 Å². The topological polar surface area (TPSA) is 32.3 Å². The van der Waals surface area contributed by atoms with Gasteiger partial charge in [0.05, 0.1) is 0 Å². The summed E-state index contributed by atoms with van der Waals surface area (Å²) >= 11 is 2.08. The minimum Gasteiger partial charge on any atom is -0.378 e. The molecule has 0 radical (unpaired) electrons. The average Bonchev–Trinajstić information content (AvgIpc) is 1.65. The zero-order valence-electron chi connectivity index (χ0n) is 4.65. The zero-order valence-corrected chi connectivity index (χ0v) is 6.81. The predicted octanol–water partition coefficient (Wildman–Crippen LogP) is 0.493. The first kappa shape index (κ1) is 6.77. The molecule has 0 aromatic carbocycles. The first-order chi connectivity index (χ1) is 3.71. The molecule has 1 fully saturated rings. The Balaban J connectivity index is 2.33. The number of aliphatic hydroxyl groups is 1. The van der Waals surface area contributed by atoms with E-state index in [-0.39, 0.29) is 0 Å². The number of hydrogen-bond donors (Lipinski definition) is 2. The van der Waals surface area contributed by atoms with Gasteiger partial charge in [-0.15, -0.1) is 0 Å². The molecule has 2 N–H and O–H groups in total. The van der Waals surface area contributed by atoms with E-state index < -0.39 is 3.61 Å². The van der Waals surface area contributed by atoms with Gasteiger partial charge in [-0.05, 0) is 42.0 Å². The van der Waals surface area contributed by atoms with Gasteiger partial charge in [0.1, 0.15) is 3.61 Å². The van der Waals surface area contributed by atoms with E-state index in [0.29, 0.717) is 0 Å². The Labute approximate surface area is 62.8 Å². The van der Waals surface area contributed by atoms with Gasteiger partial charge in [-0.3, -0.25) is 0 Å². The van der Waals surface area contributed by atoms with Crippen molar-refractivity contribution in [2.75, 3.05) is 13.1 Å². The van der Waals surface area contributed by atoms with Gasteiger partial charge in [0.25, 0.3) is 0 Å². The van der Waals surface area contributed by atoms with E-state index in [9.17, 15) is 5.11 Å². The molecule has 2 nitrogen and oxygen atoms in total. The summed E-state index contributed by atoms with van der Waals surface area (Å²) in [5, 5.41) is 12.4. The molecule has 0 spiro atoms. The fraction of sp³-hybridized carbons (Fsp3) is 1.00. The molecule has 0 amide bonds. The van der Waals surface area contributed by atoms with Crippen LogP contribution in [0.5, 0.6) is 0 Å². The van der Waals surface area contributed by atoms with Crippen molar-refractivity contribution < 1.29 is 5.11 Å². The van der Waals surface area contributed by atoms with Crippen LogP contribution in [0.3, 0.4) is 0 Å². The van der Waals surface area contributed by atoms with Crippen LogP contribution in [0, 0.1) is 0 Å². The van der Waals surface area contributed by atoms with Crippen molar-refractivity contribution in [1.82, 2.24) is 5.32 Å². The van der Waals surface area contributed by atoms with Crippen LogP contribution in [-0.2, 0) is 0 Å². The lowest BCUT2D eigenvalue weighted by molar-refractivity contribution is 0.125. The molecule has 8 heavy (non-hydrogen) atoms. The van der Waals surface area contributed by atoms with E-state index in [1.165, 1.54) is 0 Å². The molecule has 1 rings (SSSR count). The number of nitrogens with one attached hydrogen (secondary N) is 1. The van der Waals surface area contributed by atoms with Crippen molar-refractivity contribution in [1.29, 1.82) is 0 Å². The maximum Gasteiger partial charge on any atom is 0.128 e. The highest BCUT2D eigenvalue weighted by atomic mass is 127. The highest BCUT2D eigenvalue weighted by Gasteiger charge is 2.24. The molecule has 1 atom stereocenters. The highest BCUT2D eigenvalue weighted by Crippen LogP contribution is 2.22. The third-order valence-corrected chi connectivity index (χ3v) is 2.23. The summed E-state index contributed by atoms with van der Waals surface area (Å²) < 4.78 is -0.462. The van der Waals surface area contributed by atoms with Crippen LogP contribution in [0.2, 0.25) is 0 Å². The van der Waals surface area contributed by atoms with E-state index in [2.05, 4.69) is 27.9 Å². The lowest BCUT2D eigenvalue weighted by Crippen LogP contribution is -2.40. The second kappa shape index (κ2) is 2.49. The number of alkyl halides is 1. The van der Waals surface area contributed by atoms with Crippen molar-refractivity contribution in [2.45, 2.75) is 16.4 Å². The fourth-order valence-electron chi connectivity index (χ4n) is 0.853. The van der Waals surface area contributed by atoms with Crippen LogP contribution in [0.4, 0.5) is 0 Å². The molecule has 1 aliphatic rings. The van der Waals surface area contributed by atoms with E-state index >= 15 is 0 Å². The minimum atomic E-state index is -0.462. The summed E-state index contributed by atoms with van der Waals surface area (Å²) in [6, 6.07) is 0. The van der Waals surface area contributed by atoms with Crippen molar-refractivity contribution in [3.63, 3.8) is 0 Å². The Kier molecular flexibility index (Phi) is 2.11. The molecule has 1 saturated heterocycles. The van der Waals surface area contributed by atoms with E-state index in [0.717, 1.165) is 25.9 Å². The van der Waals surface area contributed by atoms with Crippen LogP contribution in [-0.4, -0.2) is 21.8 Å². The summed E-state index contributed by atoms with van der Waals surface area (Å²) in [5.74, 6) is 0. The average molecular weight is 227 g/mol. The molecule has 0 aliphatic carbocycles. The Morgan fingerprint density at radius 2 is 2.38 bits per heavy atom. The highest BCUT2D eigenvalue weighted by molar-refractivity contribution is 14.1. The molecule has 1 unspecified atom stereocenters. The molecule has 1 heterocycles. The Bertz CT molecular complexity index is 76.5. The number of halogens is 1. The third-order valence-electron chi connectivity index (χ3n) is 1.31. The second-order valence-electron chi connectivity index (χ2n) is 2.20. The quantitative estimate of drug-likeness (QED) is 0.466. The van der Waals surface area contributed by atoms with Crippen LogP contribution in [0.25, 0.3) is 0 Å². The molecule has 0 aromatic heterocycles. The van der Waals surface area contributed by atoms with Gasteiger partial charge in [0, 0.05) is 6.54 Å². The van der Waals surface area contributed by atoms with Gasteiger partial charge in [-0.1, -0.05) is 0 Å². The summed E-state index contributed by atoms with van der Waals surface area (Å²) in [7, 11) is 0. The Morgan fingerprint density at radius 3 is 2.62 bits per heavy atom. The maximum absolute atomic E-state index is 9.30. The number of piperidine rings is 1. The summed E-state index contributed by atoms with van der Waals surface area (Å²) in [5.41, 5.74) is 0. The number of rotatable bonds is 0. The molecule has 1 aliphatic heterocycles. The lowest BCUT2D eigenvalue weighted by Gasteiger charge is -2.26. The molecular weight excluding hydrogens is 217 g/mol. The molecule has 0 saturated carbocycles. The van der Waals surface area contributed by atoms with Crippen molar-refractivity contribution >= 4 is 22.6 Å². The first-order valence-electron chi connectivity index (χ1n) is 2.83. The molecule has 0 bridgehead atoms. The minimum absolute atomic E-state index is 0.462. The lowest BCUT2D eigenvalue weighted by atomic mass is 10.1. The molecule has 3 heteroatoms. The van der Waals surface area contributed by atoms with Crippen molar-refractivity contribution in [2.24, 2.45) is 0 Å². The third kappa shape index (κ3) is 1.87. The van der Waals surface area contributed by atoms with Crippen LogP contribution in [0.1, 0.15) is 12.8 Å². The summed E-state index contributed by atoms with van der Waals surface area (Å²) in [4.78, 5) is 0. The second-order valence-corrected chi connectivity index (χ2v) is 4.21. The molecular formula is C5H10INO. The van der Waals surface area contributed by atoms with Gasteiger partial charge in [0.15, 0.2) is 0 Å². The largest absolute Gasteiger partial charge is 0.378 e. The van der Waals surface area contributed by atoms with Gasteiger partial charge in [0.2, 0.25) is 0 Å². The van der Waals surface area contributed by atoms with Crippen LogP contribution >= 0.6 is 22.6 Å². The SMILES string of the molecule is OC1(I)CCCNC1. The van der Waals surface area contributed by atoms with Crippen LogP contribution < -0.4 is 5.32 Å². The molecule has 48 valence electrons. The first-order valence-corrected chi connectivity index (χ1v) is 3.91. The standard InChI is InChI=1S/C5H10INO/c6-5(8)2-1-3-7-4-5/h7-8H,1-4H2. The number of β-amino-alcohol motifs (C(OH)–C–C–N with tert-alkyl or cyclic N) is 1. The van der Waals surface area contributed by atoms with Crippen molar-refractivity contribution in [3.8, 4) is 0 Å². The van der Waals surface area contributed by atoms with Gasteiger partial charge < -0.3 is 10.4 Å². The maximum atomic E-state index is 9.30. The van der Waals surface area contributed by atoms with Gasteiger partial charge >= 0.3 is 0 Å². The smallest absolute Gasteiger partial charge is 0.128 e. The zero-order chi connectivity index (χ0) is 6.04.